The Labute approximate surface area is 118 Å². The molecule has 0 aromatic carbocycles. The van der Waals surface area contributed by atoms with Gasteiger partial charge in [0.2, 0.25) is 0 Å². The molecule has 106 valence electrons. The lowest BCUT2D eigenvalue weighted by molar-refractivity contribution is 0.0945. The summed E-state index contributed by atoms with van der Waals surface area (Å²) in [6, 6.07) is 3.92. The van der Waals surface area contributed by atoms with Crippen LogP contribution in [0.1, 0.15) is 28.9 Å². The number of rotatable bonds is 4. The van der Waals surface area contributed by atoms with Gasteiger partial charge < -0.3 is 14.6 Å². The molecule has 1 N–H and O–H groups in total. The number of fused-ring (bicyclic) bond motifs is 1. The first-order chi connectivity index (χ1) is 9.72. The van der Waals surface area contributed by atoms with Gasteiger partial charge in [-0.15, -0.1) is 0 Å². The molecule has 2 aromatic rings. The third-order valence-corrected chi connectivity index (χ3v) is 3.74. The third-order valence-electron chi connectivity index (χ3n) is 3.74. The summed E-state index contributed by atoms with van der Waals surface area (Å²) in [4.78, 5) is 18.8. The first-order valence-electron chi connectivity index (χ1n) is 7.18. The Morgan fingerprint density at radius 2 is 2.10 bits per heavy atom. The van der Waals surface area contributed by atoms with E-state index in [4.69, 9.17) is 0 Å². The van der Waals surface area contributed by atoms with E-state index in [0.29, 0.717) is 12.2 Å². The van der Waals surface area contributed by atoms with E-state index in [-0.39, 0.29) is 5.91 Å². The van der Waals surface area contributed by atoms with E-state index >= 15 is 0 Å². The van der Waals surface area contributed by atoms with Crippen molar-refractivity contribution >= 4 is 11.6 Å². The Morgan fingerprint density at radius 1 is 1.30 bits per heavy atom. The topological polar surface area (TPSA) is 49.6 Å². The van der Waals surface area contributed by atoms with E-state index in [0.717, 1.165) is 30.8 Å². The minimum atomic E-state index is -0.0921. The molecule has 5 heteroatoms. The summed E-state index contributed by atoms with van der Waals surface area (Å²) in [6.07, 6.45) is 6.32. The molecule has 0 atom stereocenters. The molecule has 1 aliphatic rings. The lowest BCUT2D eigenvalue weighted by Crippen LogP contribution is -2.33. The van der Waals surface area contributed by atoms with Crippen LogP contribution in [0, 0.1) is 6.92 Å². The number of aromatic nitrogens is 2. The smallest absolute Gasteiger partial charge is 0.271 e. The van der Waals surface area contributed by atoms with Gasteiger partial charge in [0.05, 0.1) is 0 Å². The molecule has 1 fully saturated rings. The predicted molar refractivity (Wildman–Crippen MR) is 77.9 cm³/mol. The molecule has 0 aliphatic carbocycles. The molecular weight excluding hydrogens is 252 g/mol. The first-order valence-corrected chi connectivity index (χ1v) is 7.18. The van der Waals surface area contributed by atoms with E-state index in [1.165, 1.54) is 12.8 Å². The van der Waals surface area contributed by atoms with Gasteiger partial charge >= 0.3 is 0 Å². The van der Waals surface area contributed by atoms with Gasteiger partial charge in [0.15, 0.2) is 0 Å². The summed E-state index contributed by atoms with van der Waals surface area (Å²) in [5, 5.41) is 2.94. The highest BCUT2D eigenvalue weighted by atomic mass is 16.1. The standard InChI is InChI=1S/C15H20N4O/c1-12-4-5-14-17-13(11-19(14)10-12)15(20)16-6-9-18-7-2-3-8-18/h4-5,10-11H,2-3,6-9H2,1H3,(H,16,20). The summed E-state index contributed by atoms with van der Waals surface area (Å²) < 4.78 is 1.89. The molecule has 1 aliphatic heterocycles. The summed E-state index contributed by atoms with van der Waals surface area (Å²) in [5.41, 5.74) is 2.44. The number of carbonyl (C=O) groups excluding carboxylic acids is 1. The van der Waals surface area contributed by atoms with Gasteiger partial charge in [-0.1, -0.05) is 6.07 Å². The predicted octanol–water partition coefficient (Wildman–Crippen LogP) is 1.47. The van der Waals surface area contributed by atoms with Crippen molar-refractivity contribution in [2.75, 3.05) is 26.2 Å². The zero-order chi connectivity index (χ0) is 13.9. The van der Waals surface area contributed by atoms with Crippen molar-refractivity contribution in [3.05, 3.63) is 35.8 Å². The Morgan fingerprint density at radius 3 is 2.90 bits per heavy atom. The average Bonchev–Trinajstić information content (AvgIpc) is 3.06. The van der Waals surface area contributed by atoms with Crippen LogP contribution >= 0.6 is 0 Å². The highest BCUT2D eigenvalue weighted by Crippen LogP contribution is 2.08. The van der Waals surface area contributed by atoms with Gasteiger partial charge in [-0.25, -0.2) is 4.98 Å². The molecule has 1 saturated heterocycles. The van der Waals surface area contributed by atoms with Gasteiger partial charge in [0.25, 0.3) is 5.91 Å². The van der Waals surface area contributed by atoms with E-state index in [2.05, 4.69) is 15.2 Å². The van der Waals surface area contributed by atoms with Crippen LogP contribution in [-0.4, -0.2) is 46.4 Å². The van der Waals surface area contributed by atoms with Crippen LogP contribution in [0.2, 0.25) is 0 Å². The first kappa shape index (κ1) is 13.1. The van der Waals surface area contributed by atoms with Crippen LogP contribution < -0.4 is 5.32 Å². The Kier molecular flexibility index (Phi) is 3.69. The van der Waals surface area contributed by atoms with Crippen molar-refractivity contribution in [1.82, 2.24) is 19.6 Å². The quantitative estimate of drug-likeness (QED) is 0.917. The fraction of sp³-hybridized carbons (Fsp3) is 0.467. The van der Waals surface area contributed by atoms with Crippen LogP contribution in [0.25, 0.3) is 5.65 Å². The summed E-state index contributed by atoms with van der Waals surface area (Å²) in [7, 11) is 0. The molecular formula is C15H20N4O. The molecule has 5 nitrogen and oxygen atoms in total. The van der Waals surface area contributed by atoms with E-state index < -0.39 is 0 Å². The van der Waals surface area contributed by atoms with Crippen molar-refractivity contribution in [3.8, 4) is 0 Å². The second-order valence-corrected chi connectivity index (χ2v) is 5.40. The number of imidazole rings is 1. The minimum Gasteiger partial charge on any atom is -0.349 e. The van der Waals surface area contributed by atoms with Gasteiger partial charge in [-0.3, -0.25) is 4.79 Å². The fourth-order valence-electron chi connectivity index (χ4n) is 2.64. The molecule has 3 heterocycles. The number of nitrogens with one attached hydrogen (secondary N) is 1. The van der Waals surface area contributed by atoms with Crippen molar-refractivity contribution in [2.24, 2.45) is 0 Å². The molecule has 1 amide bonds. The maximum atomic E-state index is 12.1. The zero-order valence-corrected chi connectivity index (χ0v) is 11.8. The molecule has 0 spiro atoms. The summed E-state index contributed by atoms with van der Waals surface area (Å²) >= 11 is 0. The Bertz CT molecular complexity index is 613. The summed E-state index contributed by atoms with van der Waals surface area (Å²) in [5.74, 6) is -0.0921. The lowest BCUT2D eigenvalue weighted by atomic mass is 10.3. The molecule has 2 aromatic heterocycles. The van der Waals surface area contributed by atoms with Gasteiger partial charge in [-0.2, -0.15) is 0 Å². The van der Waals surface area contributed by atoms with Crippen LogP contribution in [0.3, 0.4) is 0 Å². The number of carbonyl (C=O) groups is 1. The average molecular weight is 272 g/mol. The number of aryl methyl sites for hydroxylation is 1. The summed E-state index contributed by atoms with van der Waals surface area (Å²) in [6.45, 7) is 5.95. The van der Waals surface area contributed by atoms with Crippen LogP contribution in [0.5, 0.6) is 0 Å². The SMILES string of the molecule is Cc1ccc2nc(C(=O)NCCN3CCCC3)cn2c1. The highest BCUT2D eigenvalue weighted by Gasteiger charge is 2.13. The number of nitrogens with zero attached hydrogens (tertiary/aromatic N) is 3. The van der Waals surface area contributed by atoms with Gasteiger partial charge in [-0.05, 0) is 44.5 Å². The largest absolute Gasteiger partial charge is 0.349 e. The fourth-order valence-corrected chi connectivity index (χ4v) is 2.64. The number of pyridine rings is 1. The second kappa shape index (κ2) is 5.63. The number of amides is 1. The molecule has 3 rings (SSSR count). The van der Waals surface area contributed by atoms with Crippen molar-refractivity contribution < 1.29 is 4.79 Å². The van der Waals surface area contributed by atoms with Crippen LogP contribution in [0.4, 0.5) is 0 Å². The molecule has 0 unspecified atom stereocenters. The van der Waals surface area contributed by atoms with E-state index in [1.807, 2.05) is 29.7 Å². The molecule has 0 radical (unpaired) electrons. The van der Waals surface area contributed by atoms with Gasteiger partial charge in [0.1, 0.15) is 11.3 Å². The minimum absolute atomic E-state index is 0.0921. The normalized spacial score (nSPS) is 15.8. The van der Waals surface area contributed by atoms with Crippen molar-refractivity contribution in [3.63, 3.8) is 0 Å². The molecule has 0 bridgehead atoms. The van der Waals surface area contributed by atoms with Crippen molar-refractivity contribution in [2.45, 2.75) is 19.8 Å². The second-order valence-electron chi connectivity index (χ2n) is 5.40. The van der Waals surface area contributed by atoms with Crippen LogP contribution in [0.15, 0.2) is 24.5 Å². The van der Waals surface area contributed by atoms with Crippen molar-refractivity contribution in [1.29, 1.82) is 0 Å². The zero-order valence-electron chi connectivity index (χ0n) is 11.8. The number of likely N-dealkylation sites (tertiary alicyclic amines) is 1. The maximum absolute atomic E-state index is 12.1. The molecule has 0 saturated carbocycles. The Hall–Kier alpha value is -1.88. The van der Waals surface area contributed by atoms with E-state index in [9.17, 15) is 4.79 Å². The van der Waals surface area contributed by atoms with Gasteiger partial charge in [0, 0.05) is 25.5 Å². The van der Waals surface area contributed by atoms with Crippen LogP contribution in [-0.2, 0) is 0 Å². The third kappa shape index (κ3) is 2.82. The highest BCUT2D eigenvalue weighted by molar-refractivity contribution is 5.92. The number of hydrogen-bond donors (Lipinski definition) is 1. The monoisotopic (exact) mass is 272 g/mol. The van der Waals surface area contributed by atoms with E-state index in [1.54, 1.807) is 6.20 Å². The molecule has 20 heavy (non-hydrogen) atoms. The number of hydrogen-bond acceptors (Lipinski definition) is 3. The lowest BCUT2D eigenvalue weighted by Gasteiger charge is -2.14. The maximum Gasteiger partial charge on any atom is 0.271 e. The Balaban J connectivity index is 1.60.